The number of carbonyl (C=O) groups is 2. The van der Waals surface area contributed by atoms with Crippen molar-refractivity contribution in [2.75, 3.05) is 0 Å². The second-order valence-electron chi connectivity index (χ2n) is 8.86. The smallest absolute Gasteiger partial charge is 0.303 e. The summed E-state index contributed by atoms with van der Waals surface area (Å²) in [6.45, 7) is 1.78. The lowest BCUT2D eigenvalue weighted by atomic mass is 9.93. The summed E-state index contributed by atoms with van der Waals surface area (Å²) in [7, 11) is 0. The highest BCUT2D eigenvalue weighted by Crippen LogP contribution is 2.31. The Morgan fingerprint density at radius 1 is 1.06 bits per heavy atom. The average Bonchev–Trinajstić information content (AvgIpc) is 2.86. The first kappa shape index (κ1) is 24.3. The van der Waals surface area contributed by atoms with Crippen molar-refractivity contribution >= 4 is 17.6 Å². The number of allylic oxidation sites excluding steroid dienone is 2. The Labute approximate surface area is 204 Å². The molecule has 6 nitrogen and oxygen atoms in total. The van der Waals surface area contributed by atoms with Gasteiger partial charge in [0.15, 0.2) is 0 Å². The molecule has 2 unspecified atom stereocenters. The van der Waals surface area contributed by atoms with E-state index in [2.05, 4.69) is 16.0 Å². The molecule has 0 fully saturated rings. The first-order valence-corrected chi connectivity index (χ1v) is 11.9. The van der Waals surface area contributed by atoms with Crippen LogP contribution in [0.1, 0.15) is 56.2 Å². The molecule has 0 saturated carbocycles. The topological polar surface area (TPSA) is 90.5 Å². The largest absolute Gasteiger partial charge is 0.481 e. The van der Waals surface area contributed by atoms with Gasteiger partial charge in [0.1, 0.15) is 5.82 Å². The van der Waals surface area contributed by atoms with Crippen molar-refractivity contribution in [2.24, 2.45) is 5.92 Å². The van der Waals surface area contributed by atoms with E-state index in [1.54, 1.807) is 25.1 Å². The summed E-state index contributed by atoms with van der Waals surface area (Å²) in [5.74, 6) is -1.68. The van der Waals surface area contributed by atoms with Crippen molar-refractivity contribution in [1.82, 2.24) is 16.0 Å². The zero-order valence-electron chi connectivity index (χ0n) is 19.7. The fourth-order valence-electron chi connectivity index (χ4n) is 4.40. The van der Waals surface area contributed by atoms with E-state index in [1.807, 2.05) is 42.5 Å². The lowest BCUT2D eigenvalue weighted by molar-refractivity contribution is -0.137. The summed E-state index contributed by atoms with van der Waals surface area (Å²) in [5.41, 5.74) is 5.14. The molecule has 4 rings (SSSR count). The molecular formula is C28H30FN3O3. The summed E-state index contributed by atoms with van der Waals surface area (Å²) in [6, 6.07) is 16.0. The maximum Gasteiger partial charge on any atom is 0.303 e. The van der Waals surface area contributed by atoms with E-state index in [1.165, 1.54) is 6.07 Å². The lowest BCUT2D eigenvalue weighted by Crippen LogP contribution is -2.37. The van der Waals surface area contributed by atoms with Crippen molar-refractivity contribution in [1.29, 1.82) is 0 Å². The first-order chi connectivity index (χ1) is 16.9. The Kier molecular flexibility index (Phi) is 7.65. The van der Waals surface area contributed by atoms with Crippen LogP contribution in [0.2, 0.25) is 0 Å². The van der Waals surface area contributed by atoms with Crippen LogP contribution in [0.4, 0.5) is 4.39 Å². The van der Waals surface area contributed by atoms with Gasteiger partial charge in [0.05, 0.1) is 29.1 Å². The van der Waals surface area contributed by atoms with Gasteiger partial charge >= 0.3 is 5.97 Å². The van der Waals surface area contributed by atoms with Crippen LogP contribution in [0, 0.1) is 11.7 Å². The van der Waals surface area contributed by atoms with Crippen LogP contribution in [0.3, 0.4) is 0 Å². The van der Waals surface area contributed by atoms with Gasteiger partial charge in [-0.2, -0.15) is 0 Å². The van der Waals surface area contributed by atoms with Crippen LogP contribution in [0.25, 0.3) is 5.70 Å². The highest BCUT2D eigenvalue weighted by Gasteiger charge is 2.28. The van der Waals surface area contributed by atoms with Crippen molar-refractivity contribution in [3.8, 4) is 0 Å². The molecule has 0 radical (unpaired) electrons. The quantitative estimate of drug-likeness (QED) is 0.384. The van der Waals surface area contributed by atoms with Gasteiger partial charge in [-0.3, -0.25) is 9.59 Å². The summed E-state index contributed by atoms with van der Waals surface area (Å²) in [6.07, 6.45) is 6.56. The third-order valence-corrected chi connectivity index (χ3v) is 6.28. The molecule has 2 atom stereocenters. The lowest BCUT2D eigenvalue weighted by Gasteiger charge is -2.32. The van der Waals surface area contributed by atoms with E-state index in [0.29, 0.717) is 24.8 Å². The van der Waals surface area contributed by atoms with E-state index in [9.17, 15) is 14.0 Å². The van der Waals surface area contributed by atoms with Crippen LogP contribution < -0.4 is 16.0 Å². The predicted octanol–water partition coefficient (Wildman–Crippen LogP) is 5.00. The molecular weight excluding hydrogens is 445 g/mol. The molecule has 1 aliphatic heterocycles. The highest BCUT2D eigenvalue weighted by molar-refractivity contribution is 5.82. The van der Waals surface area contributed by atoms with Crippen LogP contribution >= 0.6 is 0 Å². The fourth-order valence-corrected chi connectivity index (χ4v) is 4.40. The summed E-state index contributed by atoms with van der Waals surface area (Å²) >= 11 is 0. The van der Waals surface area contributed by atoms with Crippen molar-refractivity contribution < 1.29 is 19.1 Å². The van der Waals surface area contributed by atoms with Gasteiger partial charge in [-0.15, -0.1) is 0 Å². The van der Waals surface area contributed by atoms with Gasteiger partial charge in [0, 0.05) is 17.7 Å². The van der Waals surface area contributed by atoms with Crippen LogP contribution in [-0.4, -0.2) is 17.0 Å². The number of carbonyl (C=O) groups excluding carboxylic acids is 1. The molecule has 1 heterocycles. The molecule has 0 aromatic heterocycles. The number of amides is 1. The number of nitrogens with one attached hydrogen (secondary N) is 3. The Morgan fingerprint density at radius 3 is 2.54 bits per heavy atom. The molecule has 7 heteroatoms. The minimum absolute atomic E-state index is 0.137. The fraction of sp³-hybridized carbons (Fsp3) is 0.286. The van der Waals surface area contributed by atoms with Gasteiger partial charge in [0.2, 0.25) is 5.91 Å². The standard InChI is InChI=1S/C28H30FN3O3/c1-18(21-11-5-6-12-22(21)29)30-28(35)20-15-16-23-25(17-20)31-24(13-7-8-14-26(33)34)27(32-23)19-9-3-2-4-10-19/h2-6,9-12,16-18,20,31-32H,7-8,13-15H2,1H3,(H,30,35)(H,33,34). The number of carboxylic acid groups (broad SMARTS) is 1. The van der Waals surface area contributed by atoms with Crippen LogP contribution in [0.15, 0.2) is 83.8 Å². The minimum atomic E-state index is -0.796. The van der Waals surface area contributed by atoms with E-state index in [0.717, 1.165) is 34.8 Å². The maximum atomic E-state index is 14.1. The second-order valence-corrected chi connectivity index (χ2v) is 8.86. The third-order valence-electron chi connectivity index (χ3n) is 6.28. The molecule has 182 valence electrons. The Morgan fingerprint density at radius 2 is 1.80 bits per heavy atom. The molecule has 2 aromatic rings. The van der Waals surface area contributed by atoms with Gasteiger partial charge in [-0.1, -0.05) is 54.6 Å². The molecule has 0 saturated heterocycles. The van der Waals surface area contributed by atoms with E-state index >= 15 is 0 Å². The number of unbranched alkanes of at least 4 members (excludes halogenated alkanes) is 1. The monoisotopic (exact) mass is 475 g/mol. The van der Waals surface area contributed by atoms with E-state index in [-0.39, 0.29) is 24.1 Å². The van der Waals surface area contributed by atoms with Crippen molar-refractivity contribution in [2.45, 2.75) is 45.1 Å². The molecule has 1 aliphatic carbocycles. The van der Waals surface area contributed by atoms with Crippen LogP contribution in [-0.2, 0) is 9.59 Å². The predicted molar refractivity (Wildman–Crippen MR) is 133 cm³/mol. The number of rotatable bonds is 9. The van der Waals surface area contributed by atoms with Gasteiger partial charge in [-0.05, 0) is 50.3 Å². The molecule has 0 spiro atoms. The number of hydrogen-bond donors (Lipinski definition) is 4. The normalized spacial score (nSPS) is 17.8. The van der Waals surface area contributed by atoms with Gasteiger partial charge in [0.25, 0.3) is 0 Å². The molecule has 35 heavy (non-hydrogen) atoms. The second kappa shape index (κ2) is 11.0. The third kappa shape index (κ3) is 5.98. The number of aliphatic carboxylic acids is 1. The zero-order valence-corrected chi connectivity index (χ0v) is 19.7. The van der Waals surface area contributed by atoms with Crippen LogP contribution in [0.5, 0.6) is 0 Å². The Hall–Kier alpha value is -3.87. The number of hydrogen-bond acceptors (Lipinski definition) is 4. The average molecular weight is 476 g/mol. The summed E-state index contributed by atoms with van der Waals surface area (Å²) in [5, 5.41) is 18.9. The number of halogens is 1. The Bertz CT molecular complexity index is 1190. The number of fused-ring (bicyclic) bond motifs is 1. The van der Waals surface area contributed by atoms with Gasteiger partial charge < -0.3 is 21.1 Å². The molecule has 0 bridgehead atoms. The number of carboxylic acids is 1. The highest BCUT2D eigenvalue weighted by atomic mass is 19.1. The maximum absolute atomic E-state index is 14.1. The zero-order chi connectivity index (χ0) is 24.8. The van der Waals surface area contributed by atoms with E-state index in [4.69, 9.17) is 5.11 Å². The Balaban J connectivity index is 1.50. The molecule has 1 amide bonds. The van der Waals surface area contributed by atoms with Gasteiger partial charge in [-0.25, -0.2) is 4.39 Å². The number of benzene rings is 2. The molecule has 2 aliphatic rings. The molecule has 2 aromatic carbocycles. The van der Waals surface area contributed by atoms with Crippen molar-refractivity contribution in [3.63, 3.8) is 0 Å². The SMILES string of the molecule is CC(NC(=O)C1C=C2NC(CCCCC(=O)O)=C(c3ccccc3)NC2=CC1)c1ccccc1F. The van der Waals surface area contributed by atoms with Crippen molar-refractivity contribution in [3.05, 3.63) is 101 Å². The molecule has 4 N–H and O–H groups in total. The summed E-state index contributed by atoms with van der Waals surface area (Å²) < 4.78 is 14.1. The minimum Gasteiger partial charge on any atom is -0.481 e. The van der Waals surface area contributed by atoms with E-state index < -0.39 is 12.0 Å². The summed E-state index contributed by atoms with van der Waals surface area (Å²) in [4.78, 5) is 23.9. The first-order valence-electron chi connectivity index (χ1n) is 11.9.